The van der Waals surface area contributed by atoms with Gasteiger partial charge in [0.15, 0.2) is 0 Å². The summed E-state index contributed by atoms with van der Waals surface area (Å²) in [6.07, 6.45) is 2.90. The quantitative estimate of drug-likeness (QED) is 0.677. The Morgan fingerprint density at radius 3 is 2.36 bits per heavy atom. The smallest absolute Gasteiger partial charge is 0.00242 e. The van der Waals surface area contributed by atoms with E-state index in [9.17, 15) is 0 Å². The molecule has 1 rings (SSSR count). The molecule has 2 nitrogen and oxygen atoms in total. The second-order valence-corrected chi connectivity index (χ2v) is 5.04. The molecule has 1 fully saturated rings. The van der Waals surface area contributed by atoms with Gasteiger partial charge < -0.3 is 10.6 Å². The minimum absolute atomic E-state index is 0.675. The van der Waals surface area contributed by atoms with Gasteiger partial charge >= 0.3 is 0 Å². The lowest BCUT2D eigenvalue weighted by Crippen LogP contribution is -2.36. The summed E-state index contributed by atoms with van der Waals surface area (Å²) >= 11 is 0. The van der Waals surface area contributed by atoms with E-state index in [1.165, 1.54) is 32.5 Å². The van der Waals surface area contributed by atoms with E-state index in [4.69, 9.17) is 5.73 Å². The monoisotopic (exact) mass is 198 g/mol. The maximum atomic E-state index is 5.80. The summed E-state index contributed by atoms with van der Waals surface area (Å²) in [4.78, 5) is 2.58. The fourth-order valence-electron chi connectivity index (χ4n) is 1.89. The van der Waals surface area contributed by atoms with Gasteiger partial charge in [0.25, 0.3) is 0 Å². The highest BCUT2D eigenvalue weighted by Gasteiger charge is 2.25. The van der Waals surface area contributed by atoms with Crippen LogP contribution in [0.3, 0.4) is 0 Å². The van der Waals surface area contributed by atoms with E-state index in [2.05, 4.69) is 25.7 Å². The first-order valence-electron chi connectivity index (χ1n) is 6.09. The Kier molecular flexibility index (Phi) is 4.90. The molecule has 1 aliphatic rings. The second-order valence-electron chi connectivity index (χ2n) is 5.04. The highest BCUT2D eigenvalue weighted by Crippen LogP contribution is 2.30. The normalized spacial score (nSPS) is 19.3. The van der Waals surface area contributed by atoms with Crippen LogP contribution in [0, 0.1) is 17.8 Å². The first-order valence-corrected chi connectivity index (χ1v) is 6.09. The Bertz CT molecular complexity index is 152. The van der Waals surface area contributed by atoms with Crippen molar-refractivity contribution in [1.29, 1.82) is 0 Å². The zero-order valence-electron chi connectivity index (χ0n) is 10.00. The second kappa shape index (κ2) is 5.72. The summed E-state index contributed by atoms with van der Waals surface area (Å²) < 4.78 is 0. The molecule has 84 valence electrons. The fourth-order valence-corrected chi connectivity index (χ4v) is 1.89. The van der Waals surface area contributed by atoms with Crippen LogP contribution >= 0.6 is 0 Å². The third-order valence-corrected chi connectivity index (χ3v) is 3.40. The molecule has 0 amide bonds. The Labute approximate surface area is 88.8 Å². The summed E-state index contributed by atoms with van der Waals surface area (Å²) in [7, 11) is 0. The standard InChI is InChI=1S/C12H26N2/c1-4-14(8-11-5-6-11)9-12(7-13)10(2)3/h10-12H,4-9,13H2,1-3H3. The van der Waals surface area contributed by atoms with E-state index in [0.717, 1.165) is 12.5 Å². The maximum absolute atomic E-state index is 5.80. The van der Waals surface area contributed by atoms with Gasteiger partial charge in [-0.3, -0.25) is 0 Å². The molecule has 1 saturated carbocycles. The maximum Gasteiger partial charge on any atom is 0.00242 e. The van der Waals surface area contributed by atoms with E-state index < -0.39 is 0 Å². The van der Waals surface area contributed by atoms with Crippen molar-refractivity contribution in [2.45, 2.75) is 33.6 Å². The number of hydrogen-bond acceptors (Lipinski definition) is 2. The van der Waals surface area contributed by atoms with Crippen molar-refractivity contribution in [3.63, 3.8) is 0 Å². The molecule has 0 aromatic rings. The Hall–Kier alpha value is -0.0800. The van der Waals surface area contributed by atoms with Gasteiger partial charge in [0.05, 0.1) is 0 Å². The lowest BCUT2D eigenvalue weighted by Gasteiger charge is -2.27. The molecule has 0 aliphatic heterocycles. The third-order valence-electron chi connectivity index (χ3n) is 3.40. The lowest BCUT2D eigenvalue weighted by atomic mass is 9.95. The van der Waals surface area contributed by atoms with Crippen LogP contribution in [0.15, 0.2) is 0 Å². The number of nitrogens with two attached hydrogens (primary N) is 1. The van der Waals surface area contributed by atoms with Crippen LogP contribution in [-0.4, -0.2) is 31.1 Å². The summed E-state index contributed by atoms with van der Waals surface area (Å²) in [6.45, 7) is 11.3. The van der Waals surface area contributed by atoms with Crippen molar-refractivity contribution < 1.29 is 0 Å². The van der Waals surface area contributed by atoms with Gasteiger partial charge in [-0.05, 0) is 43.7 Å². The topological polar surface area (TPSA) is 29.3 Å². The molecule has 2 heteroatoms. The Morgan fingerprint density at radius 1 is 1.36 bits per heavy atom. The largest absolute Gasteiger partial charge is 0.330 e. The predicted octanol–water partition coefficient (Wildman–Crippen LogP) is 1.95. The first-order chi connectivity index (χ1) is 6.67. The molecule has 0 bridgehead atoms. The average molecular weight is 198 g/mol. The predicted molar refractivity (Wildman–Crippen MR) is 62.2 cm³/mol. The van der Waals surface area contributed by atoms with Gasteiger partial charge in [-0.2, -0.15) is 0 Å². The van der Waals surface area contributed by atoms with Crippen LogP contribution in [0.5, 0.6) is 0 Å². The third kappa shape index (κ3) is 3.97. The summed E-state index contributed by atoms with van der Waals surface area (Å²) in [6, 6.07) is 0. The average Bonchev–Trinajstić information content (AvgIpc) is 2.95. The van der Waals surface area contributed by atoms with Crippen molar-refractivity contribution in [2.24, 2.45) is 23.5 Å². The highest BCUT2D eigenvalue weighted by molar-refractivity contribution is 4.78. The van der Waals surface area contributed by atoms with Crippen LogP contribution < -0.4 is 5.73 Å². The van der Waals surface area contributed by atoms with E-state index >= 15 is 0 Å². The van der Waals surface area contributed by atoms with Crippen LogP contribution in [0.2, 0.25) is 0 Å². The highest BCUT2D eigenvalue weighted by atomic mass is 15.1. The van der Waals surface area contributed by atoms with Crippen LogP contribution in [0.1, 0.15) is 33.6 Å². The van der Waals surface area contributed by atoms with E-state index in [1.54, 1.807) is 0 Å². The van der Waals surface area contributed by atoms with E-state index in [0.29, 0.717) is 11.8 Å². The van der Waals surface area contributed by atoms with Gasteiger partial charge in [0.2, 0.25) is 0 Å². The fraction of sp³-hybridized carbons (Fsp3) is 1.00. The SMILES string of the molecule is CCN(CC1CC1)CC(CN)C(C)C. The van der Waals surface area contributed by atoms with Crippen LogP contribution in [0.25, 0.3) is 0 Å². The summed E-state index contributed by atoms with van der Waals surface area (Å²) in [5.74, 6) is 2.39. The van der Waals surface area contributed by atoms with E-state index in [1.807, 2.05) is 0 Å². The minimum atomic E-state index is 0.675. The van der Waals surface area contributed by atoms with Gasteiger partial charge in [0, 0.05) is 13.1 Å². The molecule has 1 unspecified atom stereocenters. The van der Waals surface area contributed by atoms with Crippen molar-refractivity contribution in [2.75, 3.05) is 26.2 Å². The van der Waals surface area contributed by atoms with Crippen molar-refractivity contribution >= 4 is 0 Å². The molecular formula is C12H26N2. The molecule has 1 atom stereocenters. The van der Waals surface area contributed by atoms with Gasteiger partial charge in [0.1, 0.15) is 0 Å². The zero-order valence-corrected chi connectivity index (χ0v) is 10.00. The molecular weight excluding hydrogens is 172 g/mol. The molecule has 0 radical (unpaired) electrons. The van der Waals surface area contributed by atoms with Crippen LogP contribution in [-0.2, 0) is 0 Å². The molecule has 0 spiro atoms. The van der Waals surface area contributed by atoms with Crippen molar-refractivity contribution in [1.82, 2.24) is 4.90 Å². The number of hydrogen-bond donors (Lipinski definition) is 1. The van der Waals surface area contributed by atoms with Crippen molar-refractivity contribution in [3.05, 3.63) is 0 Å². The first kappa shape index (κ1) is 12.0. The minimum Gasteiger partial charge on any atom is -0.330 e. The summed E-state index contributed by atoms with van der Waals surface area (Å²) in [5.41, 5.74) is 5.80. The van der Waals surface area contributed by atoms with Gasteiger partial charge in [-0.15, -0.1) is 0 Å². The molecule has 1 aliphatic carbocycles. The molecule has 0 saturated heterocycles. The molecule has 2 N–H and O–H groups in total. The Balaban J connectivity index is 2.28. The van der Waals surface area contributed by atoms with Gasteiger partial charge in [-0.1, -0.05) is 20.8 Å². The Morgan fingerprint density at radius 2 is 2.00 bits per heavy atom. The molecule has 0 aromatic carbocycles. The number of rotatable bonds is 7. The summed E-state index contributed by atoms with van der Waals surface area (Å²) in [5, 5.41) is 0. The molecule has 0 heterocycles. The van der Waals surface area contributed by atoms with Crippen LogP contribution in [0.4, 0.5) is 0 Å². The van der Waals surface area contributed by atoms with E-state index in [-0.39, 0.29) is 0 Å². The van der Waals surface area contributed by atoms with Gasteiger partial charge in [-0.25, -0.2) is 0 Å². The zero-order chi connectivity index (χ0) is 10.6. The lowest BCUT2D eigenvalue weighted by molar-refractivity contribution is 0.206. The number of nitrogens with zero attached hydrogens (tertiary/aromatic N) is 1. The van der Waals surface area contributed by atoms with Crippen molar-refractivity contribution in [3.8, 4) is 0 Å². The molecule has 14 heavy (non-hydrogen) atoms. The molecule has 0 aromatic heterocycles.